The van der Waals surface area contributed by atoms with Gasteiger partial charge in [-0.05, 0) is 51.4 Å². The molecular formula is C17H25N3O. The molecule has 3 aliphatic rings. The molecule has 0 saturated carbocycles. The summed E-state index contributed by atoms with van der Waals surface area (Å²) in [4.78, 5) is 19.3. The summed E-state index contributed by atoms with van der Waals surface area (Å²) in [5.41, 5.74) is 3.27. The first-order valence-electron chi connectivity index (χ1n) is 7.90. The van der Waals surface area contributed by atoms with Crippen LogP contribution < -0.4 is 0 Å². The second-order valence-electron chi connectivity index (χ2n) is 6.45. The van der Waals surface area contributed by atoms with Gasteiger partial charge in [-0.2, -0.15) is 0 Å². The van der Waals surface area contributed by atoms with E-state index in [0.29, 0.717) is 6.54 Å². The van der Waals surface area contributed by atoms with E-state index in [9.17, 15) is 4.79 Å². The van der Waals surface area contributed by atoms with Crippen molar-refractivity contribution in [2.75, 3.05) is 26.7 Å². The minimum absolute atomic E-state index is 0.247. The van der Waals surface area contributed by atoms with Crippen molar-refractivity contribution in [3.63, 3.8) is 0 Å². The predicted octanol–water partition coefficient (Wildman–Crippen LogP) is 2.32. The summed E-state index contributed by atoms with van der Waals surface area (Å²) in [6.07, 6.45) is 10.2. The summed E-state index contributed by atoms with van der Waals surface area (Å²) in [7, 11) is 2.08. The van der Waals surface area contributed by atoms with E-state index in [1.165, 1.54) is 30.5 Å². The van der Waals surface area contributed by atoms with E-state index in [0.717, 1.165) is 18.7 Å². The molecule has 0 aromatic carbocycles. The molecule has 0 aromatic heterocycles. The Labute approximate surface area is 127 Å². The largest absolute Gasteiger partial charge is 0.355 e. The van der Waals surface area contributed by atoms with Crippen LogP contribution in [0.25, 0.3) is 0 Å². The van der Waals surface area contributed by atoms with E-state index in [4.69, 9.17) is 0 Å². The molecule has 0 radical (unpaired) electrons. The first kappa shape index (κ1) is 14.4. The van der Waals surface area contributed by atoms with Crippen molar-refractivity contribution >= 4 is 5.78 Å². The topological polar surface area (TPSA) is 26.8 Å². The number of carbonyl (C=O) groups excluding carboxylic acids is 1. The van der Waals surface area contributed by atoms with Crippen molar-refractivity contribution in [3.8, 4) is 0 Å². The highest BCUT2D eigenvalue weighted by Crippen LogP contribution is 2.31. The van der Waals surface area contributed by atoms with Gasteiger partial charge in [-0.3, -0.25) is 9.69 Å². The Balaban J connectivity index is 1.73. The molecule has 4 heteroatoms. The molecular weight excluding hydrogens is 262 g/mol. The molecule has 1 unspecified atom stereocenters. The van der Waals surface area contributed by atoms with Crippen LogP contribution in [-0.2, 0) is 4.79 Å². The Morgan fingerprint density at radius 3 is 2.62 bits per heavy atom. The predicted molar refractivity (Wildman–Crippen MR) is 84.3 cm³/mol. The van der Waals surface area contributed by atoms with Crippen molar-refractivity contribution in [3.05, 3.63) is 35.3 Å². The fourth-order valence-electron chi connectivity index (χ4n) is 3.61. The summed E-state index contributed by atoms with van der Waals surface area (Å²) >= 11 is 0. The third-order valence-electron chi connectivity index (χ3n) is 4.65. The number of carbonyl (C=O) groups is 1. The quantitative estimate of drug-likeness (QED) is 0.796. The van der Waals surface area contributed by atoms with Crippen molar-refractivity contribution < 1.29 is 4.79 Å². The summed E-state index contributed by atoms with van der Waals surface area (Å²) in [5.74, 6) is 0.247. The second-order valence-corrected chi connectivity index (χ2v) is 6.45. The number of likely N-dealkylation sites (tertiary alicyclic amines) is 1. The van der Waals surface area contributed by atoms with Crippen LogP contribution in [-0.4, -0.2) is 53.3 Å². The molecule has 0 spiro atoms. The lowest BCUT2D eigenvalue weighted by atomic mass is 10.0. The van der Waals surface area contributed by atoms with E-state index < -0.39 is 0 Å². The number of fused-ring (bicyclic) bond motifs is 1. The first-order chi connectivity index (χ1) is 10.1. The number of hydrogen-bond donors (Lipinski definition) is 0. The Hall–Kier alpha value is -1.55. The lowest BCUT2D eigenvalue weighted by Gasteiger charge is -2.34. The van der Waals surface area contributed by atoms with Crippen LogP contribution in [0.3, 0.4) is 0 Å². The van der Waals surface area contributed by atoms with Crippen LogP contribution in [0.1, 0.15) is 33.1 Å². The SMILES string of the molecule is CC1=CC(C(=O)CN2CCCCC2)=CN2C(C)=CN(C)C12. The van der Waals surface area contributed by atoms with E-state index in [-0.39, 0.29) is 11.9 Å². The Kier molecular flexibility index (Phi) is 3.89. The van der Waals surface area contributed by atoms with E-state index in [1.54, 1.807) is 0 Å². The number of piperidine rings is 1. The van der Waals surface area contributed by atoms with Crippen molar-refractivity contribution in [1.29, 1.82) is 0 Å². The molecule has 3 rings (SSSR count). The van der Waals surface area contributed by atoms with Gasteiger partial charge in [0.2, 0.25) is 0 Å². The van der Waals surface area contributed by atoms with Crippen LogP contribution in [0.15, 0.2) is 35.3 Å². The normalized spacial score (nSPS) is 26.2. The van der Waals surface area contributed by atoms with Gasteiger partial charge in [-0.15, -0.1) is 0 Å². The zero-order chi connectivity index (χ0) is 15.0. The number of allylic oxidation sites excluding steroid dienone is 2. The van der Waals surface area contributed by atoms with Gasteiger partial charge in [-0.1, -0.05) is 6.42 Å². The molecule has 1 saturated heterocycles. The lowest BCUT2D eigenvalue weighted by molar-refractivity contribution is -0.116. The monoisotopic (exact) mass is 287 g/mol. The number of Topliss-reactive ketones (excluding diaryl/α,β-unsaturated/α-hetero) is 1. The highest BCUT2D eigenvalue weighted by Gasteiger charge is 2.32. The van der Waals surface area contributed by atoms with Gasteiger partial charge in [0.1, 0.15) is 6.17 Å². The summed E-state index contributed by atoms with van der Waals surface area (Å²) in [5, 5.41) is 0. The average Bonchev–Trinajstić information content (AvgIpc) is 2.75. The van der Waals surface area contributed by atoms with Crippen LogP contribution in [0.4, 0.5) is 0 Å². The van der Waals surface area contributed by atoms with Crippen LogP contribution in [0.2, 0.25) is 0 Å². The molecule has 1 atom stereocenters. The number of ketones is 1. The maximum absolute atomic E-state index is 12.6. The molecule has 114 valence electrons. The third-order valence-corrected chi connectivity index (χ3v) is 4.65. The van der Waals surface area contributed by atoms with Gasteiger partial charge < -0.3 is 9.80 Å². The highest BCUT2D eigenvalue weighted by atomic mass is 16.1. The van der Waals surface area contributed by atoms with Gasteiger partial charge in [0, 0.05) is 30.7 Å². The number of likely N-dealkylation sites (N-methyl/N-ethyl adjacent to an activating group) is 1. The Bertz CT molecular complexity index is 526. The molecule has 0 aromatic rings. The Morgan fingerprint density at radius 1 is 1.19 bits per heavy atom. The molecule has 0 aliphatic carbocycles. The average molecular weight is 287 g/mol. The third kappa shape index (κ3) is 2.77. The fraction of sp³-hybridized carbons (Fsp3) is 0.588. The van der Waals surface area contributed by atoms with Crippen molar-refractivity contribution in [2.45, 2.75) is 39.3 Å². The molecule has 3 heterocycles. The number of hydrogen-bond acceptors (Lipinski definition) is 4. The number of nitrogens with zero attached hydrogens (tertiary/aromatic N) is 3. The van der Waals surface area contributed by atoms with Gasteiger partial charge in [0.25, 0.3) is 0 Å². The Morgan fingerprint density at radius 2 is 1.90 bits per heavy atom. The molecule has 3 aliphatic heterocycles. The molecule has 0 amide bonds. The summed E-state index contributed by atoms with van der Waals surface area (Å²) in [6, 6.07) is 0. The van der Waals surface area contributed by atoms with Crippen LogP contribution >= 0.6 is 0 Å². The van der Waals surface area contributed by atoms with Crippen LogP contribution in [0, 0.1) is 0 Å². The highest BCUT2D eigenvalue weighted by molar-refractivity contribution is 5.99. The fourth-order valence-corrected chi connectivity index (χ4v) is 3.61. The molecule has 4 nitrogen and oxygen atoms in total. The smallest absolute Gasteiger partial charge is 0.178 e. The van der Waals surface area contributed by atoms with Crippen molar-refractivity contribution in [2.24, 2.45) is 0 Å². The number of rotatable bonds is 3. The maximum atomic E-state index is 12.6. The first-order valence-corrected chi connectivity index (χ1v) is 7.90. The zero-order valence-corrected chi connectivity index (χ0v) is 13.3. The van der Waals surface area contributed by atoms with Crippen molar-refractivity contribution in [1.82, 2.24) is 14.7 Å². The van der Waals surface area contributed by atoms with Gasteiger partial charge >= 0.3 is 0 Å². The minimum Gasteiger partial charge on any atom is -0.355 e. The summed E-state index contributed by atoms with van der Waals surface area (Å²) in [6.45, 7) is 6.90. The minimum atomic E-state index is 0.247. The summed E-state index contributed by atoms with van der Waals surface area (Å²) < 4.78 is 0. The van der Waals surface area contributed by atoms with E-state index in [1.807, 2.05) is 6.20 Å². The molecule has 0 N–H and O–H groups in total. The lowest BCUT2D eigenvalue weighted by Crippen LogP contribution is -2.39. The van der Waals surface area contributed by atoms with Gasteiger partial charge in [0.15, 0.2) is 5.78 Å². The maximum Gasteiger partial charge on any atom is 0.178 e. The van der Waals surface area contributed by atoms with E-state index >= 15 is 0 Å². The van der Waals surface area contributed by atoms with E-state index in [2.05, 4.69) is 47.9 Å². The van der Waals surface area contributed by atoms with Crippen LogP contribution in [0.5, 0.6) is 0 Å². The molecule has 0 bridgehead atoms. The second kappa shape index (κ2) is 5.68. The zero-order valence-electron chi connectivity index (χ0n) is 13.3. The molecule has 1 fully saturated rings. The van der Waals surface area contributed by atoms with Gasteiger partial charge in [0.05, 0.1) is 6.54 Å². The molecule has 21 heavy (non-hydrogen) atoms. The van der Waals surface area contributed by atoms with Gasteiger partial charge in [-0.25, -0.2) is 0 Å². The standard InChI is InChI=1S/C17H25N3O/c1-13-9-15(11-20-14(2)10-18(3)17(13)20)16(21)12-19-7-5-4-6-8-19/h9-11,17H,4-8,12H2,1-3H3.